The molecular weight excluding hydrogens is 681 g/mol. The molecule has 0 aliphatic rings. The normalized spacial score (nSPS) is 13.4. The number of halogens is 3. The fourth-order valence-corrected chi connectivity index (χ4v) is 6.05. The van der Waals surface area contributed by atoms with Gasteiger partial charge in [0.1, 0.15) is 0 Å². The first-order valence-corrected chi connectivity index (χ1v) is 16.9. The van der Waals surface area contributed by atoms with Gasteiger partial charge >= 0.3 is 18.1 Å². The number of amides is 1. The molecule has 1 amide bonds. The second kappa shape index (κ2) is 13.7. The van der Waals surface area contributed by atoms with Crippen LogP contribution < -0.4 is 24.7 Å². The first kappa shape index (κ1) is 35.9. The molecule has 13 nitrogen and oxygen atoms in total. The van der Waals surface area contributed by atoms with Gasteiger partial charge in [-0.3, -0.25) is 9.78 Å². The van der Waals surface area contributed by atoms with Gasteiger partial charge in [0.05, 0.1) is 22.5 Å². The van der Waals surface area contributed by atoms with Crippen molar-refractivity contribution in [1.29, 1.82) is 0 Å². The van der Waals surface area contributed by atoms with Crippen molar-refractivity contribution >= 4 is 48.4 Å². The van der Waals surface area contributed by atoms with E-state index in [1.165, 1.54) is 36.7 Å². The Balaban J connectivity index is 1.97. The molecule has 3 aromatic carbocycles. The number of pyridine rings is 1. The number of alkyl halides is 3. The number of primary sulfonamides is 1. The SMILES string of the molecule is CCOc1cc(C(Nc2ccc3cnccc3c2)(OC(=O)C(F)(F)F)C(=O)NS(=O)(=O)c2cccc(S(N)(=O)=O)c2)ccc1OC(C)C. The van der Waals surface area contributed by atoms with Crippen LogP contribution in [-0.2, 0) is 40.1 Å². The quantitative estimate of drug-likeness (QED) is 0.142. The summed E-state index contributed by atoms with van der Waals surface area (Å²) in [6.45, 7) is 5.01. The highest BCUT2D eigenvalue weighted by Gasteiger charge is 2.53. The molecular formula is C30H29F3N4O9S2. The van der Waals surface area contributed by atoms with Crippen LogP contribution in [0.4, 0.5) is 18.9 Å². The summed E-state index contributed by atoms with van der Waals surface area (Å²) in [5, 5.41) is 8.69. The van der Waals surface area contributed by atoms with Gasteiger partial charge in [-0.25, -0.2) is 31.5 Å². The van der Waals surface area contributed by atoms with Crippen LogP contribution in [0.15, 0.2) is 88.9 Å². The van der Waals surface area contributed by atoms with Crippen molar-refractivity contribution in [2.75, 3.05) is 11.9 Å². The van der Waals surface area contributed by atoms with Crippen LogP contribution in [0.5, 0.6) is 11.5 Å². The Labute approximate surface area is 273 Å². The minimum atomic E-state index is -5.66. The average Bonchev–Trinajstić information content (AvgIpc) is 3.00. The van der Waals surface area contributed by atoms with Gasteiger partial charge in [-0.2, -0.15) is 13.2 Å². The van der Waals surface area contributed by atoms with Crippen molar-refractivity contribution in [3.8, 4) is 11.5 Å². The van der Waals surface area contributed by atoms with Crippen LogP contribution in [0.25, 0.3) is 10.8 Å². The predicted octanol–water partition coefficient (Wildman–Crippen LogP) is 3.94. The lowest BCUT2D eigenvalue weighted by molar-refractivity contribution is -0.213. The van der Waals surface area contributed by atoms with Crippen LogP contribution in [0.3, 0.4) is 0 Å². The second-order valence-corrected chi connectivity index (χ2v) is 13.6. The molecule has 0 aliphatic heterocycles. The maximum absolute atomic E-state index is 14.2. The highest BCUT2D eigenvalue weighted by molar-refractivity contribution is 7.90. The van der Waals surface area contributed by atoms with E-state index in [2.05, 4.69) is 10.3 Å². The van der Waals surface area contributed by atoms with Gasteiger partial charge in [0.15, 0.2) is 11.5 Å². The molecule has 4 rings (SSSR count). The van der Waals surface area contributed by atoms with E-state index in [0.29, 0.717) is 16.8 Å². The van der Waals surface area contributed by atoms with Crippen LogP contribution in [0, 0.1) is 0 Å². The van der Waals surface area contributed by atoms with E-state index in [9.17, 15) is 39.6 Å². The van der Waals surface area contributed by atoms with Gasteiger partial charge in [-0.1, -0.05) is 12.1 Å². The minimum Gasteiger partial charge on any atom is -0.490 e. The number of esters is 1. The van der Waals surface area contributed by atoms with Crippen LogP contribution >= 0.6 is 0 Å². The van der Waals surface area contributed by atoms with E-state index in [0.717, 1.165) is 30.3 Å². The standard InChI is InChI=1S/C30H29F3N4O9S2/c1-4-44-26-15-21(9-11-25(26)45-18(2)3)29(46-28(39)30(31,32)33,36-22-10-8-20-17-35-13-12-19(20)14-22)27(38)37-48(42,43)24-7-5-6-23(16-24)47(34,40)41/h5-18,36H,4H2,1-3H3,(H,37,38)(H2,34,40,41). The molecule has 0 saturated heterocycles. The zero-order chi connectivity index (χ0) is 35.5. The number of carbonyl (C=O) groups excluding carboxylic acids is 2. The molecule has 1 unspecified atom stereocenters. The monoisotopic (exact) mass is 710 g/mol. The molecule has 18 heteroatoms. The van der Waals surface area contributed by atoms with Gasteiger partial charge in [-0.15, -0.1) is 0 Å². The molecule has 0 spiro atoms. The van der Waals surface area contributed by atoms with E-state index in [1.807, 2.05) is 0 Å². The number of anilines is 1. The highest BCUT2D eigenvalue weighted by Crippen LogP contribution is 2.38. The summed E-state index contributed by atoms with van der Waals surface area (Å²) in [4.78, 5) is 29.2. The first-order chi connectivity index (χ1) is 22.4. The summed E-state index contributed by atoms with van der Waals surface area (Å²) in [6.07, 6.45) is -3.13. The number of sulfonamides is 2. The molecule has 0 radical (unpaired) electrons. The Morgan fingerprint density at radius 2 is 1.62 bits per heavy atom. The fourth-order valence-electron chi connectivity index (χ4n) is 4.37. The van der Waals surface area contributed by atoms with Crippen LogP contribution in [0.1, 0.15) is 26.3 Å². The molecule has 0 aliphatic carbocycles. The molecule has 256 valence electrons. The number of nitrogens with zero attached hydrogens (tertiary/aromatic N) is 1. The topological polar surface area (TPSA) is 193 Å². The van der Waals surface area contributed by atoms with Crippen molar-refractivity contribution < 1.29 is 53.8 Å². The van der Waals surface area contributed by atoms with Gasteiger partial charge in [0.2, 0.25) is 10.0 Å². The molecule has 4 aromatic rings. The Morgan fingerprint density at radius 1 is 0.917 bits per heavy atom. The number of rotatable bonds is 12. The van der Waals surface area contributed by atoms with Crippen LogP contribution in [0.2, 0.25) is 0 Å². The summed E-state index contributed by atoms with van der Waals surface area (Å²) < 4.78 is 110. The summed E-state index contributed by atoms with van der Waals surface area (Å²) in [5.74, 6) is -4.66. The Morgan fingerprint density at radius 3 is 2.27 bits per heavy atom. The maximum atomic E-state index is 14.2. The van der Waals surface area contributed by atoms with E-state index in [4.69, 9.17) is 19.3 Å². The summed E-state index contributed by atoms with van der Waals surface area (Å²) in [7, 11) is -9.49. The summed E-state index contributed by atoms with van der Waals surface area (Å²) >= 11 is 0. The zero-order valence-corrected chi connectivity index (χ0v) is 27.1. The first-order valence-electron chi connectivity index (χ1n) is 13.9. The largest absolute Gasteiger partial charge is 0.491 e. The Bertz CT molecular complexity index is 2080. The van der Waals surface area contributed by atoms with Crippen molar-refractivity contribution in [2.24, 2.45) is 5.14 Å². The number of benzene rings is 3. The molecule has 0 saturated carbocycles. The third kappa shape index (κ3) is 8.12. The second-order valence-electron chi connectivity index (χ2n) is 10.3. The average molecular weight is 711 g/mol. The molecule has 1 heterocycles. The predicted molar refractivity (Wildman–Crippen MR) is 166 cm³/mol. The zero-order valence-electron chi connectivity index (χ0n) is 25.4. The molecule has 48 heavy (non-hydrogen) atoms. The maximum Gasteiger partial charge on any atom is 0.491 e. The van der Waals surface area contributed by atoms with Crippen molar-refractivity contribution in [2.45, 2.75) is 48.6 Å². The number of hydrogen-bond acceptors (Lipinski definition) is 11. The highest BCUT2D eigenvalue weighted by atomic mass is 32.2. The van der Waals surface area contributed by atoms with E-state index in [-0.39, 0.29) is 23.8 Å². The molecule has 0 fully saturated rings. The van der Waals surface area contributed by atoms with E-state index < -0.39 is 65.3 Å². The van der Waals surface area contributed by atoms with E-state index >= 15 is 0 Å². The fraction of sp³-hybridized carbons (Fsp3) is 0.233. The molecule has 0 bridgehead atoms. The number of fused-ring (bicyclic) bond motifs is 1. The van der Waals surface area contributed by atoms with Crippen molar-refractivity contribution in [3.05, 3.63) is 84.7 Å². The Kier molecular flexibility index (Phi) is 10.2. The summed E-state index contributed by atoms with van der Waals surface area (Å²) in [5.41, 5.74) is -3.87. The lowest BCUT2D eigenvalue weighted by Crippen LogP contribution is -2.55. The smallest absolute Gasteiger partial charge is 0.490 e. The van der Waals surface area contributed by atoms with Crippen molar-refractivity contribution in [3.63, 3.8) is 0 Å². The molecule has 1 aromatic heterocycles. The number of aromatic nitrogens is 1. The van der Waals surface area contributed by atoms with Gasteiger partial charge in [0, 0.05) is 29.0 Å². The minimum absolute atomic E-state index is 0.0281. The third-order valence-electron chi connectivity index (χ3n) is 6.44. The lowest BCUT2D eigenvalue weighted by Gasteiger charge is -2.34. The van der Waals surface area contributed by atoms with Gasteiger partial charge in [-0.05, 0) is 80.8 Å². The molecule has 4 N–H and O–H groups in total. The van der Waals surface area contributed by atoms with Gasteiger partial charge < -0.3 is 19.5 Å². The number of carbonyl (C=O) groups is 2. The van der Waals surface area contributed by atoms with Gasteiger partial charge in [0.25, 0.3) is 15.7 Å². The number of nitrogens with one attached hydrogen (secondary N) is 2. The number of ether oxygens (including phenoxy) is 3. The lowest BCUT2D eigenvalue weighted by atomic mass is 9.99. The molecule has 1 atom stereocenters. The summed E-state index contributed by atoms with van der Waals surface area (Å²) in [6, 6.07) is 12.7. The number of hydrogen-bond donors (Lipinski definition) is 3. The Hall–Kier alpha value is -4.94. The number of nitrogens with two attached hydrogens (primary N) is 1. The third-order valence-corrected chi connectivity index (χ3v) is 8.68. The van der Waals surface area contributed by atoms with E-state index in [1.54, 1.807) is 31.6 Å². The van der Waals surface area contributed by atoms with Crippen LogP contribution in [-0.4, -0.2) is 52.6 Å². The van der Waals surface area contributed by atoms with Crippen molar-refractivity contribution in [1.82, 2.24) is 9.71 Å².